The van der Waals surface area contributed by atoms with Crippen LogP contribution in [0.5, 0.6) is 5.75 Å². The topological polar surface area (TPSA) is 41.6 Å². The van der Waals surface area contributed by atoms with Crippen molar-refractivity contribution < 1.29 is 9.53 Å². The van der Waals surface area contributed by atoms with E-state index >= 15 is 0 Å². The first kappa shape index (κ1) is 17.8. The van der Waals surface area contributed by atoms with E-state index in [0.29, 0.717) is 11.3 Å². The lowest BCUT2D eigenvalue weighted by Crippen LogP contribution is -2.72. The zero-order chi connectivity index (χ0) is 18.5. The van der Waals surface area contributed by atoms with Gasteiger partial charge in [-0.15, -0.1) is 0 Å². The highest BCUT2D eigenvalue weighted by Crippen LogP contribution is 2.64. The third-order valence-electron chi connectivity index (χ3n) is 7.47. The van der Waals surface area contributed by atoms with E-state index in [9.17, 15) is 4.79 Å². The molecule has 3 fully saturated rings. The number of rotatable bonds is 4. The predicted molar refractivity (Wildman–Crippen MR) is 103 cm³/mol. The van der Waals surface area contributed by atoms with Gasteiger partial charge in [0.05, 0.1) is 12.6 Å². The Balaban J connectivity index is 1.85. The normalized spacial score (nSPS) is 35.5. The van der Waals surface area contributed by atoms with Crippen LogP contribution in [0.2, 0.25) is 0 Å². The number of carbonyl (C=O) groups is 1. The summed E-state index contributed by atoms with van der Waals surface area (Å²) in [5.74, 6) is 2.33. The smallest absolute Gasteiger partial charge is 0.231 e. The van der Waals surface area contributed by atoms with Gasteiger partial charge in [-0.1, -0.05) is 26.3 Å². The Hall–Kier alpha value is -1.55. The van der Waals surface area contributed by atoms with E-state index in [4.69, 9.17) is 4.74 Å². The van der Waals surface area contributed by atoms with Gasteiger partial charge >= 0.3 is 0 Å². The molecule has 142 valence electrons. The lowest BCUT2D eigenvalue weighted by Gasteiger charge is -2.68. The molecule has 5 rings (SSSR count). The highest BCUT2D eigenvalue weighted by molar-refractivity contribution is 5.72. The molecule has 0 unspecified atom stereocenters. The molecule has 1 aromatic rings. The molecule has 4 nitrogen and oxygen atoms in total. The van der Waals surface area contributed by atoms with Crippen LogP contribution >= 0.6 is 0 Å². The monoisotopic (exact) mass is 356 g/mol. The SMILES string of the molecule is CCC[C@H]1[C@@H]2CCc3cc(OC)ccc3[C@@]23CC[C@]1(C)CN3NC(C)=O. The molecule has 1 saturated carbocycles. The van der Waals surface area contributed by atoms with Crippen LogP contribution in [0.25, 0.3) is 0 Å². The van der Waals surface area contributed by atoms with Gasteiger partial charge < -0.3 is 4.74 Å². The van der Waals surface area contributed by atoms with Gasteiger partial charge in [-0.2, -0.15) is 0 Å². The van der Waals surface area contributed by atoms with E-state index in [0.717, 1.165) is 31.1 Å². The van der Waals surface area contributed by atoms with Crippen molar-refractivity contribution in [1.29, 1.82) is 0 Å². The number of piperidine rings is 2. The summed E-state index contributed by atoms with van der Waals surface area (Å²) in [5.41, 5.74) is 6.29. The van der Waals surface area contributed by atoms with Crippen LogP contribution in [0.1, 0.15) is 64.0 Å². The number of hydrogen-bond acceptors (Lipinski definition) is 3. The van der Waals surface area contributed by atoms with E-state index in [-0.39, 0.29) is 11.4 Å². The van der Waals surface area contributed by atoms with Crippen LogP contribution in [0.15, 0.2) is 18.2 Å². The second-order valence-corrected chi connectivity index (χ2v) is 8.90. The lowest BCUT2D eigenvalue weighted by molar-refractivity contribution is -0.199. The molecule has 2 heterocycles. The van der Waals surface area contributed by atoms with Gasteiger partial charge in [0.2, 0.25) is 5.91 Å². The van der Waals surface area contributed by atoms with Crippen molar-refractivity contribution in [3.8, 4) is 5.75 Å². The van der Waals surface area contributed by atoms with Crippen LogP contribution in [0.4, 0.5) is 0 Å². The fourth-order valence-corrected chi connectivity index (χ4v) is 6.45. The Morgan fingerprint density at radius 3 is 2.88 bits per heavy atom. The van der Waals surface area contributed by atoms with Gasteiger partial charge in [-0.3, -0.25) is 10.2 Å². The Bertz CT molecular complexity index is 718. The molecule has 4 heteroatoms. The molecule has 26 heavy (non-hydrogen) atoms. The molecule has 2 aliphatic carbocycles. The standard InChI is InChI=1S/C22H32N2O2/c1-5-6-19-20-9-7-16-13-17(26-4)8-10-18(16)22(20)12-11-21(19,3)14-24(22)23-15(2)25/h8,10,13,19-20H,5-7,9,11-12,14H2,1-4H3,(H,23,25)/t19-,20-,21+,22-/m0/s1. The molecule has 0 radical (unpaired) electrons. The first-order chi connectivity index (χ1) is 12.4. The van der Waals surface area contributed by atoms with Crippen LogP contribution in [0, 0.1) is 17.3 Å². The highest BCUT2D eigenvalue weighted by Gasteiger charge is 2.63. The molecular formula is C22H32N2O2. The molecule has 1 N–H and O–H groups in total. The van der Waals surface area contributed by atoms with E-state index in [1.54, 1.807) is 14.0 Å². The Kier molecular flexibility index (Phi) is 4.30. The van der Waals surface area contributed by atoms with E-state index in [1.165, 1.54) is 36.8 Å². The molecule has 1 spiro atoms. The van der Waals surface area contributed by atoms with Crippen molar-refractivity contribution in [2.45, 2.75) is 64.8 Å². The summed E-state index contributed by atoms with van der Waals surface area (Å²) in [6.07, 6.45) is 7.23. The number of methoxy groups -OCH3 is 1. The quantitative estimate of drug-likeness (QED) is 0.885. The number of nitrogens with zero attached hydrogens (tertiary/aromatic N) is 1. The zero-order valence-corrected chi connectivity index (χ0v) is 16.6. The van der Waals surface area contributed by atoms with Crippen molar-refractivity contribution >= 4 is 5.91 Å². The van der Waals surface area contributed by atoms with Crippen molar-refractivity contribution in [3.63, 3.8) is 0 Å². The number of hydrogen-bond donors (Lipinski definition) is 1. The number of nitrogens with one attached hydrogen (secondary N) is 1. The Morgan fingerprint density at radius 1 is 1.38 bits per heavy atom. The van der Waals surface area contributed by atoms with Gasteiger partial charge in [0, 0.05) is 13.5 Å². The summed E-state index contributed by atoms with van der Waals surface area (Å²) in [6, 6.07) is 6.58. The number of amides is 1. The van der Waals surface area contributed by atoms with Gasteiger partial charge in [0.1, 0.15) is 5.75 Å². The summed E-state index contributed by atoms with van der Waals surface area (Å²) in [4.78, 5) is 12.0. The molecule has 4 aliphatic rings. The van der Waals surface area contributed by atoms with E-state index < -0.39 is 0 Å². The molecule has 4 atom stereocenters. The van der Waals surface area contributed by atoms with Crippen molar-refractivity contribution in [3.05, 3.63) is 29.3 Å². The maximum Gasteiger partial charge on any atom is 0.231 e. The Morgan fingerprint density at radius 2 is 2.19 bits per heavy atom. The average molecular weight is 357 g/mol. The minimum Gasteiger partial charge on any atom is -0.497 e. The zero-order valence-electron chi connectivity index (χ0n) is 16.6. The van der Waals surface area contributed by atoms with Crippen LogP contribution in [-0.4, -0.2) is 24.6 Å². The number of ether oxygens (including phenoxy) is 1. The molecule has 0 aromatic heterocycles. The molecule has 1 aromatic carbocycles. The van der Waals surface area contributed by atoms with Crippen molar-refractivity contribution in [1.82, 2.24) is 10.4 Å². The van der Waals surface area contributed by atoms with Gasteiger partial charge in [0.15, 0.2) is 0 Å². The van der Waals surface area contributed by atoms with Gasteiger partial charge in [0.25, 0.3) is 0 Å². The number of aryl methyl sites for hydroxylation is 1. The summed E-state index contributed by atoms with van der Waals surface area (Å²) in [6.45, 7) is 7.36. The maximum atomic E-state index is 12.0. The highest BCUT2D eigenvalue weighted by atomic mass is 16.5. The molecule has 1 amide bonds. The first-order valence-corrected chi connectivity index (χ1v) is 10.2. The van der Waals surface area contributed by atoms with Crippen LogP contribution in [0.3, 0.4) is 0 Å². The van der Waals surface area contributed by atoms with Gasteiger partial charge in [-0.05, 0) is 72.6 Å². The summed E-state index contributed by atoms with van der Waals surface area (Å²) >= 11 is 0. The number of fused-ring (bicyclic) bond motifs is 3. The first-order valence-electron chi connectivity index (χ1n) is 10.2. The number of hydrazine groups is 1. The third-order valence-corrected chi connectivity index (χ3v) is 7.47. The number of benzene rings is 1. The maximum absolute atomic E-state index is 12.0. The average Bonchev–Trinajstić information content (AvgIpc) is 2.62. The molecule has 2 saturated heterocycles. The summed E-state index contributed by atoms with van der Waals surface area (Å²) in [5, 5.41) is 2.32. The predicted octanol–water partition coefficient (Wildman–Crippen LogP) is 4.04. The largest absolute Gasteiger partial charge is 0.497 e. The second kappa shape index (κ2) is 6.26. The van der Waals surface area contributed by atoms with Crippen LogP contribution in [-0.2, 0) is 16.8 Å². The lowest BCUT2D eigenvalue weighted by atomic mass is 9.47. The molecular weight excluding hydrogens is 324 g/mol. The summed E-state index contributed by atoms with van der Waals surface area (Å²) < 4.78 is 5.48. The van der Waals surface area contributed by atoms with Crippen molar-refractivity contribution in [2.75, 3.05) is 13.7 Å². The Labute approximate surface area is 157 Å². The third kappa shape index (κ3) is 2.41. The minimum atomic E-state index is -0.0525. The number of carbonyl (C=O) groups excluding carboxylic acids is 1. The van der Waals surface area contributed by atoms with E-state index in [2.05, 4.69) is 42.5 Å². The molecule has 2 bridgehead atoms. The van der Waals surface area contributed by atoms with Crippen LogP contribution < -0.4 is 10.2 Å². The molecule has 2 aliphatic heterocycles. The fraction of sp³-hybridized carbons (Fsp3) is 0.682. The van der Waals surface area contributed by atoms with E-state index in [1.807, 2.05) is 0 Å². The van der Waals surface area contributed by atoms with Gasteiger partial charge in [-0.25, -0.2) is 5.01 Å². The minimum absolute atomic E-state index is 0.0435. The second-order valence-electron chi connectivity index (χ2n) is 8.90. The van der Waals surface area contributed by atoms with Crippen molar-refractivity contribution in [2.24, 2.45) is 17.3 Å². The summed E-state index contributed by atoms with van der Waals surface area (Å²) in [7, 11) is 1.74. The fourth-order valence-electron chi connectivity index (χ4n) is 6.45.